The van der Waals surface area contributed by atoms with Gasteiger partial charge in [-0.3, -0.25) is 4.79 Å². The van der Waals surface area contributed by atoms with Crippen molar-refractivity contribution in [3.05, 3.63) is 68.7 Å². The van der Waals surface area contributed by atoms with Gasteiger partial charge in [0, 0.05) is 16.6 Å². The third-order valence-corrected chi connectivity index (χ3v) is 5.22. The molecule has 2 heterocycles. The number of nitrogens with zero attached hydrogens (tertiary/aromatic N) is 4. The number of thiazole rings is 1. The first-order chi connectivity index (χ1) is 12.9. The monoisotopic (exact) mass is 400 g/mol. The van der Waals surface area contributed by atoms with Gasteiger partial charge in [0.25, 0.3) is 0 Å². The third kappa shape index (κ3) is 3.97. The molecule has 0 spiro atoms. The Kier molecular flexibility index (Phi) is 5.49. The van der Waals surface area contributed by atoms with E-state index in [1.54, 1.807) is 24.4 Å². The Hall–Kier alpha value is -2.82. The quantitative estimate of drug-likeness (QED) is 0.585. The van der Waals surface area contributed by atoms with Crippen molar-refractivity contribution in [2.75, 3.05) is 0 Å². The lowest BCUT2D eigenvalue weighted by Crippen LogP contribution is -2.07. The van der Waals surface area contributed by atoms with E-state index in [-0.39, 0.29) is 11.6 Å². The van der Waals surface area contributed by atoms with Crippen LogP contribution >= 0.6 is 22.9 Å². The Morgan fingerprint density at radius 1 is 1.37 bits per heavy atom. The molecule has 1 aromatic carbocycles. The lowest BCUT2D eigenvalue weighted by Gasteiger charge is -2.03. The summed E-state index contributed by atoms with van der Waals surface area (Å²) in [6.45, 7) is 3.56. The van der Waals surface area contributed by atoms with Crippen LogP contribution in [0.5, 0.6) is 0 Å². The number of halogens is 2. The summed E-state index contributed by atoms with van der Waals surface area (Å²) in [5.74, 6) is -1.69. The molecule has 0 bridgehead atoms. The Morgan fingerprint density at radius 2 is 2.07 bits per heavy atom. The predicted molar refractivity (Wildman–Crippen MR) is 103 cm³/mol. The summed E-state index contributed by atoms with van der Waals surface area (Å²) in [5, 5.41) is 16.2. The fraction of sp³-hybridized carbons (Fsp3) is 0.158. The van der Waals surface area contributed by atoms with Crippen molar-refractivity contribution in [3.8, 4) is 11.8 Å². The molecule has 3 rings (SSSR count). The molecule has 1 unspecified atom stereocenters. The van der Waals surface area contributed by atoms with E-state index in [1.165, 1.54) is 40.3 Å². The summed E-state index contributed by atoms with van der Waals surface area (Å²) in [6.07, 6.45) is 2.85. The maximum Gasteiger partial charge on any atom is 0.179 e. The maximum absolute atomic E-state index is 13.1. The molecule has 3 aromatic rings. The standard InChI is InChI=1S/C19H14ClFN4OS/c1-11-10-27-19(23-11)16(9-22)17(26)8-7-15-12(2)24-25(18(15)20)14-5-3-13(21)4-6-14/h3-8,10,16H,1-2H3. The summed E-state index contributed by atoms with van der Waals surface area (Å²) < 4.78 is 14.6. The number of aromatic nitrogens is 3. The molecule has 0 saturated heterocycles. The minimum Gasteiger partial charge on any atom is -0.293 e. The second-order valence-corrected chi connectivity index (χ2v) is 7.05. The number of carbonyl (C=O) groups excluding carboxylic acids is 1. The number of rotatable bonds is 5. The van der Waals surface area contributed by atoms with Crippen molar-refractivity contribution in [1.29, 1.82) is 5.26 Å². The largest absolute Gasteiger partial charge is 0.293 e. The molecule has 0 aliphatic carbocycles. The fourth-order valence-electron chi connectivity index (χ4n) is 2.46. The average Bonchev–Trinajstić information content (AvgIpc) is 3.18. The number of hydrogen-bond acceptors (Lipinski definition) is 5. The normalized spacial score (nSPS) is 12.3. The highest BCUT2D eigenvalue weighted by atomic mass is 35.5. The molecule has 1 atom stereocenters. The van der Waals surface area contributed by atoms with Crippen molar-refractivity contribution in [1.82, 2.24) is 14.8 Å². The summed E-state index contributed by atoms with van der Waals surface area (Å²) in [6, 6.07) is 7.74. The van der Waals surface area contributed by atoms with Crippen molar-refractivity contribution in [2.45, 2.75) is 19.8 Å². The zero-order valence-electron chi connectivity index (χ0n) is 14.5. The lowest BCUT2D eigenvalue weighted by atomic mass is 10.1. The van der Waals surface area contributed by atoms with Gasteiger partial charge in [-0.25, -0.2) is 14.1 Å². The van der Waals surface area contributed by atoms with Gasteiger partial charge in [-0.15, -0.1) is 11.3 Å². The molecule has 0 N–H and O–H groups in total. The summed E-state index contributed by atoms with van der Waals surface area (Å²) in [5.41, 5.74) is 2.53. The molecule has 0 saturated carbocycles. The van der Waals surface area contributed by atoms with Crippen molar-refractivity contribution >= 4 is 34.8 Å². The number of hydrogen-bond donors (Lipinski definition) is 0. The van der Waals surface area contributed by atoms with Crippen LogP contribution < -0.4 is 0 Å². The molecule has 0 amide bonds. The van der Waals surface area contributed by atoms with Gasteiger partial charge in [-0.05, 0) is 50.3 Å². The fourth-order valence-corrected chi connectivity index (χ4v) is 3.64. The molecule has 2 aromatic heterocycles. The number of ketones is 1. The number of benzene rings is 1. The molecule has 0 aliphatic heterocycles. The zero-order valence-corrected chi connectivity index (χ0v) is 16.1. The summed E-state index contributed by atoms with van der Waals surface area (Å²) in [4.78, 5) is 16.7. The van der Waals surface area contributed by atoms with E-state index in [0.29, 0.717) is 27.1 Å². The molecular weight excluding hydrogens is 387 g/mol. The van der Waals surface area contributed by atoms with Crippen molar-refractivity contribution in [3.63, 3.8) is 0 Å². The molecule has 0 aliphatic rings. The molecule has 0 fully saturated rings. The minimum absolute atomic E-state index is 0.293. The van der Waals surface area contributed by atoms with Crippen LogP contribution in [0.25, 0.3) is 11.8 Å². The summed E-state index contributed by atoms with van der Waals surface area (Å²) in [7, 11) is 0. The first kappa shape index (κ1) is 19.0. The molecule has 0 radical (unpaired) electrons. The molecule has 5 nitrogen and oxygen atoms in total. The van der Waals surface area contributed by atoms with E-state index in [9.17, 15) is 14.4 Å². The van der Waals surface area contributed by atoms with Crippen molar-refractivity contribution in [2.24, 2.45) is 0 Å². The highest BCUT2D eigenvalue weighted by molar-refractivity contribution is 7.10. The van der Waals surface area contributed by atoms with E-state index in [1.807, 2.05) is 13.0 Å². The molecule has 136 valence electrons. The van der Waals surface area contributed by atoms with Crippen LogP contribution in [0.1, 0.15) is 27.9 Å². The first-order valence-corrected chi connectivity index (χ1v) is 9.21. The smallest absolute Gasteiger partial charge is 0.179 e. The van der Waals surface area contributed by atoms with Gasteiger partial charge < -0.3 is 0 Å². The van der Waals surface area contributed by atoms with Crippen LogP contribution in [0.2, 0.25) is 5.15 Å². The molecular formula is C19H14ClFN4OS. The topological polar surface area (TPSA) is 71.6 Å². The highest BCUT2D eigenvalue weighted by Gasteiger charge is 2.21. The number of aryl methyl sites for hydroxylation is 2. The maximum atomic E-state index is 13.1. The average molecular weight is 401 g/mol. The van der Waals surface area contributed by atoms with Crippen LogP contribution in [0.3, 0.4) is 0 Å². The van der Waals surface area contributed by atoms with Gasteiger partial charge in [0.05, 0.1) is 17.5 Å². The highest BCUT2D eigenvalue weighted by Crippen LogP contribution is 2.26. The number of carbonyl (C=O) groups is 1. The van der Waals surface area contributed by atoms with Crippen LogP contribution in [0, 0.1) is 31.0 Å². The molecule has 27 heavy (non-hydrogen) atoms. The Morgan fingerprint density at radius 3 is 2.67 bits per heavy atom. The molecule has 8 heteroatoms. The number of allylic oxidation sites excluding steroid dienone is 1. The van der Waals surface area contributed by atoms with E-state index in [2.05, 4.69) is 10.1 Å². The van der Waals surface area contributed by atoms with Gasteiger partial charge in [0.15, 0.2) is 11.7 Å². The Balaban J connectivity index is 1.88. The van der Waals surface area contributed by atoms with Gasteiger partial charge in [0.1, 0.15) is 16.0 Å². The Labute approximate surface area is 164 Å². The Bertz CT molecular complexity index is 1060. The van der Waals surface area contributed by atoms with Crippen LogP contribution in [0.4, 0.5) is 4.39 Å². The van der Waals surface area contributed by atoms with Gasteiger partial charge in [0.2, 0.25) is 0 Å². The zero-order chi connectivity index (χ0) is 19.6. The van der Waals surface area contributed by atoms with E-state index in [4.69, 9.17) is 11.6 Å². The SMILES string of the molecule is Cc1csc(C(C#N)C(=O)C=Cc2c(C)nn(-c3ccc(F)cc3)c2Cl)n1. The van der Waals surface area contributed by atoms with Crippen LogP contribution in [0.15, 0.2) is 35.7 Å². The summed E-state index contributed by atoms with van der Waals surface area (Å²) >= 11 is 7.67. The first-order valence-electron chi connectivity index (χ1n) is 7.95. The van der Waals surface area contributed by atoms with E-state index >= 15 is 0 Å². The second kappa shape index (κ2) is 7.82. The van der Waals surface area contributed by atoms with Crippen molar-refractivity contribution < 1.29 is 9.18 Å². The van der Waals surface area contributed by atoms with Gasteiger partial charge >= 0.3 is 0 Å². The van der Waals surface area contributed by atoms with E-state index < -0.39 is 5.92 Å². The predicted octanol–water partition coefficient (Wildman–Crippen LogP) is 4.63. The lowest BCUT2D eigenvalue weighted by molar-refractivity contribution is -0.114. The van der Waals surface area contributed by atoms with Crippen LogP contribution in [-0.4, -0.2) is 20.5 Å². The third-order valence-electron chi connectivity index (χ3n) is 3.83. The van der Waals surface area contributed by atoms with Crippen LogP contribution in [-0.2, 0) is 4.79 Å². The minimum atomic E-state index is -0.953. The van der Waals surface area contributed by atoms with E-state index in [0.717, 1.165) is 5.69 Å². The van der Waals surface area contributed by atoms with Gasteiger partial charge in [-0.1, -0.05) is 11.6 Å². The number of nitriles is 1. The van der Waals surface area contributed by atoms with Gasteiger partial charge in [-0.2, -0.15) is 10.4 Å². The second-order valence-electron chi connectivity index (χ2n) is 5.80.